The molecule has 1 heterocycles. The van der Waals surface area contributed by atoms with Crippen LogP contribution in [0.15, 0.2) is 30.6 Å². The molecule has 0 spiro atoms. The summed E-state index contributed by atoms with van der Waals surface area (Å²) >= 11 is 5.29. The Kier molecular flexibility index (Phi) is 4.29. The second-order valence-corrected chi connectivity index (χ2v) is 6.20. The third-order valence-electron chi connectivity index (χ3n) is 3.93. The lowest BCUT2D eigenvalue weighted by molar-refractivity contribution is -0.137. The molecular weight excluding hydrogens is 325 g/mol. The van der Waals surface area contributed by atoms with Crippen LogP contribution < -0.4 is 0 Å². The molecular formula is C15H17F3N4S. The van der Waals surface area contributed by atoms with Crippen molar-refractivity contribution in [2.45, 2.75) is 38.3 Å². The summed E-state index contributed by atoms with van der Waals surface area (Å²) in [5.41, 5.74) is 0.235. The van der Waals surface area contributed by atoms with Crippen LogP contribution in [0.1, 0.15) is 24.0 Å². The number of benzene rings is 1. The molecule has 4 nitrogen and oxygen atoms in total. The van der Waals surface area contributed by atoms with E-state index in [1.165, 1.54) is 12.1 Å². The van der Waals surface area contributed by atoms with Gasteiger partial charge in [0.05, 0.1) is 12.2 Å². The van der Waals surface area contributed by atoms with Gasteiger partial charge in [-0.25, -0.2) is 4.68 Å². The topological polar surface area (TPSA) is 26.0 Å². The number of aromatic nitrogens is 3. The number of nitrogens with zero attached hydrogens (tertiary/aromatic N) is 4. The largest absolute Gasteiger partial charge is 0.416 e. The first-order valence-corrected chi connectivity index (χ1v) is 7.74. The minimum atomic E-state index is -4.30. The van der Waals surface area contributed by atoms with Gasteiger partial charge in [-0.3, -0.25) is 4.90 Å². The van der Waals surface area contributed by atoms with Gasteiger partial charge in [-0.1, -0.05) is 12.1 Å². The van der Waals surface area contributed by atoms with Gasteiger partial charge in [-0.2, -0.15) is 18.3 Å². The average molecular weight is 342 g/mol. The molecule has 1 saturated carbocycles. The summed E-state index contributed by atoms with van der Waals surface area (Å²) in [5.74, 6) is 0. The maximum atomic E-state index is 12.6. The standard InChI is InChI=1S/C15H17F3N4S/c1-20-9-19-22(14(20)23)10-21(13-6-7-13)8-11-2-4-12(5-3-11)15(16,17)18/h2-5,9,13H,6-8,10H2,1H3. The third-order valence-corrected chi connectivity index (χ3v) is 4.43. The predicted octanol–water partition coefficient (Wildman–Crippen LogP) is 3.59. The molecule has 0 aliphatic heterocycles. The fourth-order valence-electron chi connectivity index (χ4n) is 2.46. The first-order chi connectivity index (χ1) is 10.8. The van der Waals surface area contributed by atoms with Crippen LogP contribution in [0.25, 0.3) is 0 Å². The lowest BCUT2D eigenvalue weighted by atomic mass is 10.1. The molecule has 0 amide bonds. The maximum Gasteiger partial charge on any atom is 0.416 e. The van der Waals surface area contributed by atoms with E-state index in [4.69, 9.17) is 12.2 Å². The quantitative estimate of drug-likeness (QED) is 0.777. The van der Waals surface area contributed by atoms with E-state index in [9.17, 15) is 13.2 Å². The Morgan fingerprint density at radius 1 is 1.26 bits per heavy atom. The minimum absolute atomic E-state index is 0.446. The zero-order chi connectivity index (χ0) is 16.6. The number of hydrogen-bond donors (Lipinski definition) is 0. The van der Waals surface area contributed by atoms with Crippen molar-refractivity contribution >= 4 is 12.2 Å². The van der Waals surface area contributed by atoms with Gasteiger partial charge in [0.1, 0.15) is 6.33 Å². The lowest BCUT2D eigenvalue weighted by Crippen LogP contribution is -2.29. The van der Waals surface area contributed by atoms with Crippen LogP contribution in [-0.2, 0) is 26.4 Å². The molecule has 0 saturated heterocycles. The number of hydrogen-bond acceptors (Lipinski definition) is 3. The Bertz CT molecular complexity index is 728. The second-order valence-electron chi connectivity index (χ2n) is 5.84. The molecule has 1 aliphatic carbocycles. The molecule has 2 aromatic rings. The Labute approximate surface area is 137 Å². The van der Waals surface area contributed by atoms with Crippen molar-refractivity contribution in [3.8, 4) is 0 Å². The first kappa shape index (κ1) is 16.2. The molecule has 1 aromatic heterocycles. The number of halogens is 3. The van der Waals surface area contributed by atoms with Crippen LogP contribution >= 0.6 is 12.2 Å². The molecule has 0 bridgehead atoms. The Morgan fingerprint density at radius 2 is 1.91 bits per heavy atom. The van der Waals surface area contributed by atoms with E-state index < -0.39 is 11.7 Å². The van der Waals surface area contributed by atoms with Crippen molar-refractivity contribution in [3.05, 3.63) is 46.5 Å². The van der Waals surface area contributed by atoms with Crippen LogP contribution in [0, 0.1) is 4.77 Å². The molecule has 124 valence electrons. The van der Waals surface area contributed by atoms with Crippen molar-refractivity contribution in [2.24, 2.45) is 7.05 Å². The third kappa shape index (κ3) is 3.81. The zero-order valence-electron chi connectivity index (χ0n) is 12.6. The summed E-state index contributed by atoms with van der Waals surface area (Å²) in [4.78, 5) is 2.20. The van der Waals surface area contributed by atoms with E-state index >= 15 is 0 Å². The number of alkyl halides is 3. The SMILES string of the molecule is Cn1cnn(CN(Cc2ccc(C(F)(F)F)cc2)C2CC2)c1=S. The summed E-state index contributed by atoms with van der Waals surface area (Å²) in [7, 11) is 1.84. The predicted molar refractivity (Wildman–Crippen MR) is 82.0 cm³/mol. The Morgan fingerprint density at radius 3 is 2.39 bits per heavy atom. The summed E-state index contributed by atoms with van der Waals surface area (Å²) < 4.78 is 42.0. The molecule has 0 atom stereocenters. The summed E-state index contributed by atoms with van der Waals surface area (Å²) in [6.45, 7) is 1.13. The van der Waals surface area contributed by atoms with Crippen molar-refractivity contribution < 1.29 is 13.2 Å². The molecule has 0 radical (unpaired) electrons. The van der Waals surface area contributed by atoms with Crippen LogP contribution in [-0.4, -0.2) is 25.3 Å². The van der Waals surface area contributed by atoms with E-state index in [2.05, 4.69) is 10.00 Å². The van der Waals surface area contributed by atoms with Gasteiger partial charge in [0.2, 0.25) is 0 Å². The summed E-state index contributed by atoms with van der Waals surface area (Å²) in [5, 5.41) is 4.24. The van der Waals surface area contributed by atoms with Crippen molar-refractivity contribution in [3.63, 3.8) is 0 Å². The maximum absolute atomic E-state index is 12.6. The molecule has 1 aromatic carbocycles. The van der Waals surface area contributed by atoms with Gasteiger partial charge >= 0.3 is 6.18 Å². The molecule has 1 fully saturated rings. The van der Waals surface area contributed by atoms with Crippen molar-refractivity contribution in [1.82, 2.24) is 19.2 Å². The van der Waals surface area contributed by atoms with Gasteiger partial charge in [0.15, 0.2) is 4.77 Å². The smallest absolute Gasteiger partial charge is 0.310 e. The van der Waals surface area contributed by atoms with Crippen LogP contribution in [0.3, 0.4) is 0 Å². The zero-order valence-corrected chi connectivity index (χ0v) is 13.4. The van der Waals surface area contributed by atoms with Crippen molar-refractivity contribution in [2.75, 3.05) is 0 Å². The van der Waals surface area contributed by atoms with Crippen LogP contribution in [0.2, 0.25) is 0 Å². The highest BCUT2D eigenvalue weighted by Crippen LogP contribution is 2.31. The van der Waals surface area contributed by atoms with Gasteiger partial charge in [-0.15, -0.1) is 0 Å². The van der Waals surface area contributed by atoms with E-state index in [1.807, 2.05) is 7.05 Å². The van der Waals surface area contributed by atoms with Gasteiger partial charge in [-0.05, 0) is 42.8 Å². The normalized spacial score (nSPS) is 15.3. The number of aryl methyl sites for hydroxylation is 1. The fraction of sp³-hybridized carbons (Fsp3) is 0.467. The highest BCUT2D eigenvalue weighted by atomic mass is 32.1. The van der Waals surface area contributed by atoms with E-state index in [0.717, 1.165) is 30.5 Å². The van der Waals surface area contributed by atoms with Crippen LogP contribution in [0.4, 0.5) is 13.2 Å². The highest BCUT2D eigenvalue weighted by molar-refractivity contribution is 7.71. The highest BCUT2D eigenvalue weighted by Gasteiger charge is 2.31. The lowest BCUT2D eigenvalue weighted by Gasteiger charge is -2.22. The molecule has 8 heteroatoms. The van der Waals surface area contributed by atoms with Crippen LogP contribution in [0.5, 0.6) is 0 Å². The summed E-state index contributed by atoms with van der Waals surface area (Å²) in [6.07, 6.45) is -0.442. The first-order valence-electron chi connectivity index (χ1n) is 7.33. The Balaban J connectivity index is 1.73. The molecule has 3 rings (SSSR count). The average Bonchev–Trinajstić information content (AvgIpc) is 3.29. The van der Waals surface area contributed by atoms with Gasteiger partial charge in [0.25, 0.3) is 0 Å². The van der Waals surface area contributed by atoms with E-state index in [1.54, 1.807) is 15.6 Å². The van der Waals surface area contributed by atoms with Gasteiger partial charge < -0.3 is 4.57 Å². The molecule has 1 aliphatic rings. The van der Waals surface area contributed by atoms with Gasteiger partial charge in [0, 0.05) is 19.6 Å². The van der Waals surface area contributed by atoms with Crippen molar-refractivity contribution in [1.29, 1.82) is 0 Å². The Hall–Kier alpha value is -1.67. The summed E-state index contributed by atoms with van der Waals surface area (Å²) in [6, 6.07) is 5.78. The van der Waals surface area contributed by atoms with E-state index in [-0.39, 0.29) is 0 Å². The molecule has 0 unspecified atom stereocenters. The fourth-order valence-corrected chi connectivity index (χ4v) is 2.61. The second kappa shape index (κ2) is 6.09. The monoisotopic (exact) mass is 342 g/mol. The minimum Gasteiger partial charge on any atom is -0.310 e. The molecule has 0 N–H and O–H groups in total. The van der Waals surface area contributed by atoms with E-state index in [0.29, 0.717) is 24.0 Å². The number of rotatable bonds is 5. The molecule has 23 heavy (non-hydrogen) atoms.